The Labute approximate surface area is 146 Å². The number of hydrogen-bond acceptors (Lipinski definition) is 2. The van der Waals surface area contributed by atoms with Crippen LogP contribution in [-0.4, -0.2) is 5.78 Å². The van der Waals surface area contributed by atoms with Crippen molar-refractivity contribution in [2.75, 3.05) is 0 Å². The van der Waals surface area contributed by atoms with Crippen LogP contribution in [0.3, 0.4) is 0 Å². The maximum atomic E-state index is 12.2. The third kappa shape index (κ3) is 2.09. The minimum atomic E-state index is 0.239. The van der Waals surface area contributed by atoms with Crippen molar-refractivity contribution in [1.29, 1.82) is 5.26 Å². The minimum absolute atomic E-state index is 0.239. The van der Waals surface area contributed by atoms with Crippen LogP contribution in [0.15, 0.2) is 11.6 Å². The highest BCUT2D eigenvalue weighted by Crippen LogP contribution is 2.66. The van der Waals surface area contributed by atoms with Gasteiger partial charge in [-0.3, -0.25) is 4.79 Å². The van der Waals surface area contributed by atoms with E-state index in [0.717, 1.165) is 37.0 Å². The maximum absolute atomic E-state index is 12.2. The zero-order valence-corrected chi connectivity index (χ0v) is 15.5. The molecule has 7 unspecified atom stereocenters. The van der Waals surface area contributed by atoms with Crippen LogP contribution in [0.5, 0.6) is 0 Å². The van der Waals surface area contributed by atoms with Gasteiger partial charge in [0, 0.05) is 5.92 Å². The molecule has 0 aromatic rings. The van der Waals surface area contributed by atoms with Gasteiger partial charge in [-0.05, 0) is 86.9 Å². The van der Waals surface area contributed by atoms with E-state index in [0.29, 0.717) is 17.1 Å². The lowest BCUT2D eigenvalue weighted by Gasteiger charge is -2.57. The second-order valence-corrected chi connectivity index (χ2v) is 9.61. The first-order chi connectivity index (χ1) is 11.4. The molecule has 0 radical (unpaired) electrons. The van der Waals surface area contributed by atoms with Crippen molar-refractivity contribution in [1.82, 2.24) is 0 Å². The van der Waals surface area contributed by atoms with Crippen LogP contribution < -0.4 is 0 Å². The van der Waals surface area contributed by atoms with Gasteiger partial charge in [-0.1, -0.05) is 25.5 Å². The predicted molar refractivity (Wildman–Crippen MR) is 95.0 cm³/mol. The van der Waals surface area contributed by atoms with Crippen LogP contribution in [0.1, 0.15) is 72.1 Å². The highest BCUT2D eigenvalue weighted by Gasteiger charge is 2.59. The average Bonchev–Trinajstić information content (AvgIpc) is 2.91. The Morgan fingerprint density at radius 3 is 2.67 bits per heavy atom. The molecule has 0 aromatic carbocycles. The molecule has 3 saturated carbocycles. The lowest BCUT2D eigenvalue weighted by molar-refractivity contribution is -0.127. The first-order valence-corrected chi connectivity index (χ1v) is 9.99. The molecule has 4 aliphatic rings. The van der Waals surface area contributed by atoms with Crippen LogP contribution in [-0.2, 0) is 4.79 Å². The number of nitrogens with zero attached hydrogens (tertiary/aromatic N) is 1. The molecular weight excluding hydrogens is 294 g/mol. The molecule has 4 aliphatic carbocycles. The van der Waals surface area contributed by atoms with Crippen molar-refractivity contribution in [3.05, 3.63) is 11.6 Å². The fourth-order valence-corrected chi connectivity index (χ4v) is 7.44. The van der Waals surface area contributed by atoms with E-state index >= 15 is 0 Å². The summed E-state index contributed by atoms with van der Waals surface area (Å²) in [5.74, 6) is 3.24. The number of hydrogen-bond donors (Lipinski definition) is 0. The van der Waals surface area contributed by atoms with Crippen LogP contribution in [0.25, 0.3) is 0 Å². The van der Waals surface area contributed by atoms with Gasteiger partial charge in [0.25, 0.3) is 0 Å². The van der Waals surface area contributed by atoms with Gasteiger partial charge in [0.1, 0.15) is 5.78 Å². The van der Waals surface area contributed by atoms with E-state index in [9.17, 15) is 10.1 Å². The van der Waals surface area contributed by atoms with E-state index in [2.05, 4.69) is 26.0 Å². The molecule has 24 heavy (non-hydrogen) atoms. The minimum Gasteiger partial charge on any atom is -0.300 e. The highest BCUT2D eigenvalue weighted by atomic mass is 16.1. The van der Waals surface area contributed by atoms with E-state index in [-0.39, 0.29) is 11.3 Å². The van der Waals surface area contributed by atoms with Gasteiger partial charge in [0.05, 0.1) is 12.0 Å². The summed E-state index contributed by atoms with van der Waals surface area (Å²) >= 11 is 0. The SMILES string of the molecule is CC(=O)C1CCC2C3CC=C4CC(C#N)CCC4(C)C3CCC12C. The molecule has 0 bridgehead atoms. The normalized spacial score (nSPS) is 50.1. The Bertz CT molecular complexity index is 628. The second-order valence-electron chi connectivity index (χ2n) is 9.61. The fraction of sp³-hybridized carbons (Fsp3) is 0.818. The second kappa shape index (κ2) is 5.45. The van der Waals surface area contributed by atoms with Crippen molar-refractivity contribution in [3.8, 4) is 6.07 Å². The van der Waals surface area contributed by atoms with Gasteiger partial charge >= 0.3 is 0 Å². The third-order valence-corrected chi connectivity index (χ3v) is 8.78. The number of allylic oxidation sites excluding steroid dienone is 2. The van der Waals surface area contributed by atoms with Crippen molar-refractivity contribution in [3.63, 3.8) is 0 Å². The molecule has 0 N–H and O–H groups in total. The number of ketones is 1. The Balaban J connectivity index is 1.65. The van der Waals surface area contributed by atoms with Crippen LogP contribution in [0.2, 0.25) is 0 Å². The monoisotopic (exact) mass is 325 g/mol. The maximum Gasteiger partial charge on any atom is 0.133 e. The first kappa shape index (κ1) is 16.4. The standard InChI is InChI=1S/C22H31NO/c1-14(24)18-6-7-19-17-5-4-16-12-15(13-23)8-10-21(16,2)20(17)9-11-22(18,19)3/h4,15,17-20H,5-12H2,1-3H3. The van der Waals surface area contributed by atoms with Crippen LogP contribution in [0.4, 0.5) is 0 Å². The van der Waals surface area contributed by atoms with E-state index in [1.165, 1.54) is 32.1 Å². The zero-order chi connectivity index (χ0) is 17.1. The molecule has 0 aromatic heterocycles. The Morgan fingerprint density at radius 1 is 1.17 bits per heavy atom. The molecule has 2 nitrogen and oxygen atoms in total. The van der Waals surface area contributed by atoms with Gasteiger partial charge < -0.3 is 0 Å². The number of Topliss-reactive ketones (excluding diaryl/α,β-unsaturated/α-hetero) is 1. The molecule has 0 heterocycles. The number of nitriles is 1. The van der Waals surface area contributed by atoms with Gasteiger partial charge in [-0.25, -0.2) is 0 Å². The van der Waals surface area contributed by atoms with E-state index in [4.69, 9.17) is 0 Å². The molecule has 4 rings (SSSR count). The van der Waals surface area contributed by atoms with Crippen molar-refractivity contribution in [2.45, 2.75) is 72.1 Å². The topological polar surface area (TPSA) is 40.9 Å². The summed E-state index contributed by atoms with van der Waals surface area (Å²) in [6.07, 6.45) is 11.9. The number of rotatable bonds is 1. The average molecular weight is 325 g/mol. The summed E-state index contributed by atoms with van der Waals surface area (Å²) in [5.41, 5.74) is 2.16. The van der Waals surface area contributed by atoms with E-state index in [1.807, 2.05) is 6.92 Å². The molecule has 0 amide bonds. The Kier molecular flexibility index (Phi) is 3.72. The number of carbonyl (C=O) groups excluding carboxylic acids is 1. The lowest BCUT2D eigenvalue weighted by Crippen LogP contribution is -2.50. The molecule has 2 heteroatoms. The Hall–Kier alpha value is -1.10. The van der Waals surface area contributed by atoms with Crippen molar-refractivity contribution >= 4 is 5.78 Å². The number of carbonyl (C=O) groups is 1. The lowest BCUT2D eigenvalue weighted by atomic mass is 9.47. The Morgan fingerprint density at radius 2 is 1.96 bits per heavy atom. The van der Waals surface area contributed by atoms with E-state index < -0.39 is 0 Å². The van der Waals surface area contributed by atoms with Crippen molar-refractivity contribution < 1.29 is 4.79 Å². The molecule has 3 fully saturated rings. The van der Waals surface area contributed by atoms with E-state index in [1.54, 1.807) is 5.57 Å². The first-order valence-electron chi connectivity index (χ1n) is 9.99. The summed E-state index contributed by atoms with van der Waals surface area (Å²) in [6, 6.07) is 2.51. The summed E-state index contributed by atoms with van der Waals surface area (Å²) in [4.78, 5) is 12.2. The molecule has 7 atom stereocenters. The highest BCUT2D eigenvalue weighted by molar-refractivity contribution is 5.79. The van der Waals surface area contributed by atoms with Crippen LogP contribution >= 0.6 is 0 Å². The summed E-state index contributed by atoms with van der Waals surface area (Å²) in [6.45, 7) is 6.72. The summed E-state index contributed by atoms with van der Waals surface area (Å²) < 4.78 is 0. The fourth-order valence-electron chi connectivity index (χ4n) is 7.44. The van der Waals surface area contributed by atoms with Gasteiger partial charge in [-0.2, -0.15) is 5.26 Å². The smallest absolute Gasteiger partial charge is 0.133 e. The van der Waals surface area contributed by atoms with Crippen molar-refractivity contribution in [2.24, 2.45) is 40.4 Å². The summed E-state index contributed by atoms with van der Waals surface area (Å²) in [7, 11) is 0. The molecule has 0 saturated heterocycles. The summed E-state index contributed by atoms with van der Waals surface area (Å²) in [5, 5.41) is 9.33. The number of fused-ring (bicyclic) bond motifs is 5. The quantitative estimate of drug-likeness (QED) is 0.614. The van der Waals surface area contributed by atoms with Gasteiger partial charge in [0.2, 0.25) is 0 Å². The molecule has 130 valence electrons. The largest absolute Gasteiger partial charge is 0.300 e. The predicted octanol–water partition coefficient (Wildman–Crippen LogP) is 5.29. The van der Waals surface area contributed by atoms with Crippen LogP contribution in [0, 0.1) is 51.8 Å². The van der Waals surface area contributed by atoms with Gasteiger partial charge in [0.15, 0.2) is 0 Å². The molecule has 0 spiro atoms. The zero-order valence-electron chi connectivity index (χ0n) is 15.5. The van der Waals surface area contributed by atoms with Gasteiger partial charge in [-0.15, -0.1) is 0 Å². The molecular formula is C22H31NO. The third-order valence-electron chi connectivity index (χ3n) is 8.78. The molecule has 0 aliphatic heterocycles.